The van der Waals surface area contributed by atoms with Crippen molar-refractivity contribution in [3.05, 3.63) is 48.0 Å². The van der Waals surface area contributed by atoms with E-state index in [2.05, 4.69) is 41.2 Å². The predicted octanol–water partition coefficient (Wildman–Crippen LogP) is 1.52. The van der Waals surface area contributed by atoms with Crippen LogP contribution in [-0.4, -0.2) is 16.6 Å². The van der Waals surface area contributed by atoms with E-state index in [0.717, 1.165) is 17.9 Å². The van der Waals surface area contributed by atoms with Gasteiger partial charge in [-0.3, -0.25) is 0 Å². The molecular weight excluding hydrogens is 212 g/mol. The fourth-order valence-corrected chi connectivity index (χ4v) is 1.74. The molecule has 1 aromatic heterocycles. The van der Waals surface area contributed by atoms with Crippen LogP contribution in [-0.2, 0) is 20.1 Å². The van der Waals surface area contributed by atoms with Gasteiger partial charge in [-0.15, -0.1) is 0 Å². The van der Waals surface area contributed by atoms with E-state index in [1.54, 1.807) is 0 Å². The first-order valence-corrected chi connectivity index (χ1v) is 5.67. The van der Waals surface area contributed by atoms with Crippen LogP contribution < -0.4 is 10.6 Å². The Morgan fingerprint density at radius 2 is 2.00 bits per heavy atom. The van der Waals surface area contributed by atoms with E-state index in [9.17, 15) is 0 Å². The van der Waals surface area contributed by atoms with E-state index < -0.39 is 0 Å². The Kier molecular flexibility index (Phi) is 3.44. The van der Waals surface area contributed by atoms with E-state index >= 15 is 0 Å². The van der Waals surface area contributed by atoms with Crippen LogP contribution in [0.4, 0.5) is 5.69 Å². The molecule has 0 unspecified atom stereocenters. The van der Waals surface area contributed by atoms with Gasteiger partial charge in [0.1, 0.15) is 5.82 Å². The molecule has 1 aromatic carbocycles. The number of aryl methyl sites for hydroxylation is 1. The fraction of sp³-hybridized carbons (Fsp3) is 0.308. The number of imidazole rings is 1. The van der Waals surface area contributed by atoms with Crippen LogP contribution in [0.2, 0.25) is 0 Å². The van der Waals surface area contributed by atoms with Crippen LogP contribution >= 0.6 is 0 Å². The summed E-state index contributed by atoms with van der Waals surface area (Å²) in [6.45, 7) is 1.38. The van der Waals surface area contributed by atoms with Gasteiger partial charge in [-0.05, 0) is 17.7 Å². The maximum absolute atomic E-state index is 5.58. The molecule has 0 bridgehead atoms. The summed E-state index contributed by atoms with van der Waals surface area (Å²) in [7, 11) is 4.07. The second-order valence-corrected chi connectivity index (χ2v) is 4.18. The zero-order valence-electron chi connectivity index (χ0n) is 10.3. The lowest BCUT2D eigenvalue weighted by molar-refractivity contribution is 0.761. The number of anilines is 1. The third-order valence-corrected chi connectivity index (χ3v) is 2.91. The van der Waals surface area contributed by atoms with Crippen molar-refractivity contribution in [3.63, 3.8) is 0 Å². The molecule has 2 rings (SSSR count). The second-order valence-electron chi connectivity index (χ2n) is 4.18. The van der Waals surface area contributed by atoms with Crippen LogP contribution in [0.15, 0.2) is 36.7 Å². The molecule has 0 fully saturated rings. The van der Waals surface area contributed by atoms with Gasteiger partial charge in [-0.1, -0.05) is 12.1 Å². The first-order valence-electron chi connectivity index (χ1n) is 5.67. The van der Waals surface area contributed by atoms with Crippen molar-refractivity contribution in [1.29, 1.82) is 0 Å². The first-order chi connectivity index (χ1) is 8.20. The Morgan fingerprint density at radius 3 is 2.53 bits per heavy atom. The highest BCUT2D eigenvalue weighted by Crippen LogP contribution is 2.15. The number of rotatable bonds is 4. The average Bonchev–Trinajstić information content (AvgIpc) is 2.75. The molecule has 0 aliphatic heterocycles. The Labute approximate surface area is 102 Å². The summed E-state index contributed by atoms with van der Waals surface area (Å²) in [5.41, 5.74) is 7.90. The van der Waals surface area contributed by atoms with E-state index in [1.807, 2.05) is 24.0 Å². The quantitative estimate of drug-likeness (QED) is 0.866. The topological polar surface area (TPSA) is 47.1 Å². The van der Waals surface area contributed by atoms with E-state index in [-0.39, 0.29) is 0 Å². The number of hydrogen-bond donors (Lipinski definition) is 1. The molecule has 17 heavy (non-hydrogen) atoms. The normalized spacial score (nSPS) is 10.5. The summed E-state index contributed by atoms with van der Waals surface area (Å²) in [6.07, 6.45) is 3.78. The van der Waals surface area contributed by atoms with Crippen molar-refractivity contribution in [3.8, 4) is 0 Å². The van der Waals surface area contributed by atoms with Crippen LogP contribution in [0.5, 0.6) is 0 Å². The SMILES string of the molecule is CN(Cc1nccn1C)c1ccc(CN)cc1. The van der Waals surface area contributed by atoms with E-state index in [1.165, 1.54) is 5.69 Å². The molecule has 0 saturated heterocycles. The van der Waals surface area contributed by atoms with Gasteiger partial charge in [-0.2, -0.15) is 0 Å². The summed E-state index contributed by atoms with van der Waals surface area (Å²) in [5, 5.41) is 0. The largest absolute Gasteiger partial charge is 0.367 e. The molecule has 0 aliphatic rings. The molecule has 0 spiro atoms. The molecule has 2 aromatic rings. The smallest absolute Gasteiger partial charge is 0.127 e. The zero-order chi connectivity index (χ0) is 12.3. The summed E-state index contributed by atoms with van der Waals surface area (Å²) in [5.74, 6) is 1.05. The van der Waals surface area contributed by atoms with E-state index in [0.29, 0.717) is 6.54 Å². The third kappa shape index (κ3) is 2.65. The Hall–Kier alpha value is -1.81. The maximum Gasteiger partial charge on any atom is 0.127 e. The van der Waals surface area contributed by atoms with Crippen LogP contribution in [0.1, 0.15) is 11.4 Å². The Bertz CT molecular complexity index is 472. The van der Waals surface area contributed by atoms with Gasteiger partial charge < -0.3 is 15.2 Å². The molecule has 0 aliphatic carbocycles. The van der Waals surface area contributed by atoms with Crippen molar-refractivity contribution < 1.29 is 0 Å². The van der Waals surface area contributed by atoms with Gasteiger partial charge in [0.05, 0.1) is 6.54 Å². The average molecular weight is 230 g/mol. The molecule has 2 N–H and O–H groups in total. The van der Waals surface area contributed by atoms with Crippen LogP contribution in [0, 0.1) is 0 Å². The lowest BCUT2D eigenvalue weighted by Gasteiger charge is -2.19. The highest BCUT2D eigenvalue weighted by molar-refractivity contribution is 5.46. The molecular formula is C13H18N4. The summed E-state index contributed by atoms with van der Waals surface area (Å²) in [6, 6.07) is 8.30. The predicted molar refractivity (Wildman–Crippen MR) is 69.6 cm³/mol. The maximum atomic E-state index is 5.58. The molecule has 4 heteroatoms. The van der Waals surface area contributed by atoms with Crippen molar-refractivity contribution in [2.75, 3.05) is 11.9 Å². The Balaban J connectivity index is 2.09. The number of nitrogens with two attached hydrogens (primary N) is 1. The van der Waals surface area contributed by atoms with Gasteiger partial charge in [-0.25, -0.2) is 4.98 Å². The van der Waals surface area contributed by atoms with Gasteiger partial charge >= 0.3 is 0 Å². The van der Waals surface area contributed by atoms with Gasteiger partial charge in [0, 0.05) is 38.7 Å². The summed E-state index contributed by atoms with van der Waals surface area (Å²) < 4.78 is 2.03. The molecule has 4 nitrogen and oxygen atoms in total. The van der Waals surface area contributed by atoms with Gasteiger partial charge in [0.25, 0.3) is 0 Å². The summed E-state index contributed by atoms with van der Waals surface area (Å²) in [4.78, 5) is 6.49. The minimum atomic E-state index is 0.587. The highest BCUT2D eigenvalue weighted by Gasteiger charge is 2.05. The highest BCUT2D eigenvalue weighted by atomic mass is 15.2. The van der Waals surface area contributed by atoms with Crippen molar-refractivity contribution in [1.82, 2.24) is 9.55 Å². The zero-order valence-corrected chi connectivity index (χ0v) is 10.3. The number of benzene rings is 1. The minimum Gasteiger partial charge on any atom is -0.367 e. The second kappa shape index (κ2) is 5.01. The van der Waals surface area contributed by atoms with E-state index in [4.69, 9.17) is 5.73 Å². The van der Waals surface area contributed by atoms with Crippen LogP contribution in [0.3, 0.4) is 0 Å². The summed E-state index contributed by atoms with van der Waals surface area (Å²) >= 11 is 0. The first kappa shape index (κ1) is 11.7. The molecule has 90 valence electrons. The molecule has 0 amide bonds. The minimum absolute atomic E-state index is 0.587. The van der Waals surface area contributed by atoms with Crippen molar-refractivity contribution in [2.24, 2.45) is 12.8 Å². The molecule has 0 atom stereocenters. The van der Waals surface area contributed by atoms with Crippen molar-refractivity contribution in [2.45, 2.75) is 13.1 Å². The Morgan fingerprint density at radius 1 is 1.29 bits per heavy atom. The molecule has 0 radical (unpaired) electrons. The monoisotopic (exact) mass is 230 g/mol. The number of nitrogens with zero attached hydrogens (tertiary/aromatic N) is 3. The molecule has 1 heterocycles. The third-order valence-electron chi connectivity index (χ3n) is 2.91. The van der Waals surface area contributed by atoms with Gasteiger partial charge in [0.15, 0.2) is 0 Å². The molecule has 0 saturated carbocycles. The number of aromatic nitrogens is 2. The van der Waals surface area contributed by atoms with Crippen molar-refractivity contribution >= 4 is 5.69 Å². The lowest BCUT2D eigenvalue weighted by atomic mass is 10.2. The van der Waals surface area contributed by atoms with Gasteiger partial charge in [0.2, 0.25) is 0 Å². The van der Waals surface area contributed by atoms with Crippen LogP contribution in [0.25, 0.3) is 0 Å². The lowest BCUT2D eigenvalue weighted by Crippen LogP contribution is -2.18. The standard InChI is InChI=1S/C13H18N4/c1-16-8-7-15-13(16)10-17(2)12-5-3-11(9-14)4-6-12/h3-8H,9-10,14H2,1-2H3. The fourth-order valence-electron chi connectivity index (χ4n) is 1.74. The number of hydrogen-bond acceptors (Lipinski definition) is 3.